The summed E-state index contributed by atoms with van der Waals surface area (Å²) in [7, 11) is 0. The average molecular weight is 549 g/mol. The molecule has 0 saturated heterocycles. The number of hydrogen-bond acceptors (Lipinski definition) is 4. The van der Waals surface area contributed by atoms with Gasteiger partial charge in [0, 0.05) is 23.5 Å². The highest BCUT2D eigenvalue weighted by molar-refractivity contribution is 6.54. The normalized spacial score (nSPS) is 13.5. The van der Waals surface area contributed by atoms with E-state index in [2.05, 4.69) is 5.32 Å². The molecule has 0 bridgehead atoms. The van der Waals surface area contributed by atoms with Gasteiger partial charge >= 0.3 is 0 Å². The molecule has 0 radical (unpaired) electrons. The lowest BCUT2D eigenvalue weighted by Gasteiger charge is -2.21. The molecule has 1 N–H and O–H groups in total. The molecular weight excluding hydrogens is 532 g/mol. The van der Waals surface area contributed by atoms with Crippen LogP contribution in [0.5, 0.6) is 0 Å². The van der Waals surface area contributed by atoms with E-state index in [4.69, 9.17) is 46.4 Å². The highest BCUT2D eigenvalue weighted by Crippen LogP contribution is 2.38. The first-order valence-corrected chi connectivity index (χ1v) is 11.9. The van der Waals surface area contributed by atoms with Gasteiger partial charge in [-0.25, -0.2) is 4.90 Å². The Kier molecular flexibility index (Phi) is 7.38. The fourth-order valence-electron chi connectivity index (χ4n) is 3.56. The van der Waals surface area contributed by atoms with Crippen LogP contribution in [0.25, 0.3) is 0 Å². The number of nitrogens with zero attached hydrogens (tertiary/aromatic N) is 2. The maximum atomic E-state index is 13.0. The van der Waals surface area contributed by atoms with Gasteiger partial charge in [0.15, 0.2) is 0 Å². The molecule has 0 spiro atoms. The average Bonchev–Trinajstić information content (AvgIpc) is 3.06. The number of anilines is 3. The molecule has 0 unspecified atom stereocenters. The van der Waals surface area contributed by atoms with Crippen molar-refractivity contribution >= 4 is 81.2 Å². The number of hydrogen-bond donors (Lipinski definition) is 1. The number of amides is 3. The van der Waals surface area contributed by atoms with Crippen molar-refractivity contribution in [2.75, 3.05) is 21.7 Å². The highest BCUT2D eigenvalue weighted by Gasteiger charge is 2.40. The molecule has 4 rings (SSSR count). The van der Waals surface area contributed by atoms with E-state index in [-0.39, 0.29) is 37.4 Å². The minimum atomic E-state index is -0.757. The summed E-state index contributed by atoms with van der Waals surface area (Å²) >= 11 is 24.4. The number of imide groups is 1. The lowest BCUT2D eigenvalue weighted by molar-refractivity contribution is -0.120. The van der Waals surface area contributed by atoms with Crippen LogP contribution in [0.15, 0.2) is 77.5 Å². The molecule has 1 heterocycles. The molecule has 1 aliphatic rings. The molecule has 35 heavy (non-hydrogen) atoms. The summed E-state index contributed by atoms with van der Waals surface area (Å²) in [4.78, 5) is 41.3. The number of carbonyl (C=O) groups is 3. The standard InChI is InChI=1S/C25H17Cl4N3O3/c1-2-31(16-6-4-3-5-7-16)23(33)14-8-10-15(11-9-14)30-22-21(29)24(34)32(25(22)35)20-13-18(27)17(26)12-19(20)28/h3-13,30H,2H2,1H3. The Labute approximate surface area is 221 Å². The molecule has 178 valence electrons. The first-order chi connectivity index (χ1) is 16.7. The predicted octanol–water partition coefficient (Wildman–Crippen LogP) is 6.75. The third-order valence-corrected chi connectivity index (χ3v) is 6.66. The van der Waals surface area contributed by atoms with E-state index in [1.54, 1.807) is 29.2 Å². The Bertz CT molecular complexity index is 1360. The number of para-hydroxylation sites is 1. The molecule has 6 nitrogen and oxygen atoms in total. The Morgan fingerprint density at radius 1 is 0.857 bits per heavy atom. The van der Waals surface area contributed by atoms with Gasteiger partial charge in [0.1, 0.15) is 10.7 Å². The van der Waals surface area contributed by atoms with E-state index in [1.807, 2.05) is 37.3 Å². The Balaban J connectivity index is 1.55. The van der Waals surface area contributed by atoms with Crippen LogP contribution in [-0.4, -0.2) is 24.3 Å². The molecule has 0 aromatic heterocycles. The number of nitrogens with one attached hydrogen (secondary N) is 1. The van der Waals surface area contributed by atoms with Gasteiger partial charge in [-0.2, -0.15) is 0 Å². The Morgan fingerprint density at radius 2 is 1.49 bits per heavy atom. The van der Waals surface area contributed by atoms with Crippen LogP contribution < -0.4 is 15.1 Å². The van der Waals surface area contributed by atoms with E-state index in [0.717, 1.165) is 10.6 Å². The molecule has 0 atom stereocenters. The van der Waals surface area contributed by atoms with Crippen molar-refractivity contribution in [2.24, 2.45) is 0 Å². The van der Waals surface area contributed by atoms with Gasteiger partial charge in [0.2, 0.25) is 0 Å². The lowest BCUT2D eigenvalue weighted by atomic mass is 10.1. The second kappa shape index (κ2) is 10.3. The maximum absolute atomic E-state index is 13.0. The van der Waals surface area contributed by atoms with Crippen LogP contribution in [0, 0.1) is 0 Å². The largest absolute Gasteiger partial charge is 0.350 e. The molecule has 3 amide bonds. The summed E-state index contributed by atoms with van der Waals surface area (Å²) < 4.78 is 0. The van der Waals surface area contributed by atoms with Gasteiger partial charge in [-0.15, -0.1) is 0 Å². The first-order valence-electron chi connectivity index (χ1n) is 10.4. The van der Waals surface area contributed by atoms with Crippen molar-refractivity contribution in [1.29, 1.82) is 0 Å². The van der Waals surface area contributed by atoms with Gasteiger partial charge < -0.3 is 10.2 Å². The minimum Gasteiger partial charge on any atom is -0.350 e. The zero-order valence-electron chi connectivity index (χ0n) is 18.2. The van der Waals surface area contributed by atoms with Crippen LogP contribution in [0.1, 0.15) is 17.3 Å². The van der Waals surface area contributed by atoms with E-state index in [0.29, 0.717) is 17.8 Å². The van der Waals surface area contributed by atoms with Crippen molar-refractivity contribution in [1.82, 2.24) is 0 Å². The smallest absolute Gasteiger partial charge is 0.283 e. The van der Waals surface area contributed by atoms with E-state index in [1.165, 1.54) is 12.1 Å². The van der Waals surface area contributed by atoms with Crippen LogP contribution in [0.2, 0.25) is 15.1 Å². The second-order valence-corrected chi connectivity index (χ2v) is 9.04. The highest BCUT2D eigenvalue weighted by atomic mass is 35.5. The predicted molar refractivity (Wildman–Crippen MR) is 141 cm³/mol. The van der Waals surface area contributed by atoms with E-state index < -0.39 is 11.8 Å². The topological polar surface area (TPSA) is 69.7 Å². The van der Waals surface area contributed by atoms with Crippen molar-refractivity contribution in [3.8, 4) is 0 Å². The van der Waals surface area contributed by atoms with Crippen molar-refractivity contribution in [3.63, 3.8) is 0 Å². The van der Waals surface area contributed by atoms with Crippen molar-refractivity contribution < 1.29 is 14.4 Å². The molecule has 3 aromatic carbocycles. The van der Waals surface area contributed by atoms with Gasteiger partial charge in [0.25, 0.3) is 17.7 Å². The number of carbonyl (C=O) groups excluding carboxylic acids is 3. The molecule has 0 aliphatic carbocycles. The minimum absolute atomic E-state index is 0.0625. The van der Waals surface area contributed by atoms with E-state index >= 15 is 0 Å². The van der Waals surface area contributed by atoms with Crippen LogP contribution in [-0.2, 0) is 9.59 Å². The molecular formula is C25H17Cl4N3O3. The monoisotopic (exact) mass is 547 g/mol. The van der Waals surface area contributed by atoms with Crippen molar-refractivity contribution in [2.45, 2.75) is 6.92 Å². The second-order valence-electron chi connectivity index (χ2n) is 7.44. The SMILES string of the molecule is CCN(C(=O)c1ccc(NC2=C(Cl)C(=O)N(c3cc(Cl)c(Cl)cc3Cl)C2=O)cc1)c1ccccc1. The maximum Gasteiger partial charge on any atom is 0.283 e. The summed E-state index contributed by atoms with van der Waals surface area (Å²) in [5, 5.41) is 2.93. The Morgan fingerprint density at radius 3 is 2.11 bits per heavy atom. The molecule has 1 aliphatic heterocycles. The van der Waals surface area contributed by atoms with Crippen molar-refractivity contribution in [3.05, 3.63) is 98.1 Å². The van der Waals surface area contributed by atoms with Gasteiger partial charge in [-0.3, -0.25) is 14.4 Å². The summed E-state index contributed by atoms with van der Waals surface area (Å²) in [5.74, 6) is -1.63. The summed E-state index contributed by atoms with van der Waals surface area (Å²) in [6, 6.07) is 18.5. The van der Waals surface area contributed by atoms with Crippen LogP contribution in [0.3, 0.4) is 0 Å². The third kappa shape index (κ3) is 4.88. The summed E-state index contributed by atoms with van der Waals surface area (Å²) in [6.45, 7) is 2.39. The Hall–Kier alpha value is -3.03. The lowest BCUT2D eigenvalue weighted by Crippen LogP contribution is -2.32. The summed E-state index contributed by atoms with van der Waals surface area (Å²) in [5.41, 5.74) is 1.64. The number of benzene rings is 3. The fraction of sp³-hybridized carbons (Fsp3) is 0.0800. The quantitative estimate of drug-likeness (QED) is 0.273. The zero-order valence-corrected chi connectivity index (χ0v) is 21.2. The fourth-order valence-corrected chi connectivity index (χ4v) is 4.40. The first kappa shape index (κ1) is 25.1. The van der Waals surface area contributed by atoms with Crippen LogP contribution >= 0.6 is 46.4 Å². The van der Waals surface area contributed by atoms with Gasteiger partial charge in [-0.05, 0) is 55.5 Å². The molecule has 0 saturated carbocycles. The summed E-state index contributed by atoms with van der Waals surface area (Å²) in [6.07, 6.45) is 0. The molecule has 0 fully saturated rings. The van der Waals surface area contributed by atoms with Crippen LogP contribution in [0.4, 0.5) is 17.1 Å². The third-order valence-electron chi connectivity index (χ3n) is 5.29. The van der Waals surface area contributed by atoms with E-state index in [9.17, 15) is 14.4 Å². The number of rotatable bonds is 6. The molecule has 3 aromatic rings. The van der Waals surface area contributed by atoms with Gasteiger partial charge in [0.05, 0.1) is 20.8 Å². The zero-order chi connectivity index (χ0) is 25.3. The number of halogens is 4. The van der Waals surface area contributed by atoms with Gasteiger partial charge in [-0.1, -0.05) is 64.6 Å². The molecule has 10 heteroatoms.